The number of H-pyrrole nitrogens is 1. The van der Waals surface area contributed by atoms with Crippen molar-refractivity contribution in [1.29, 1.82) is 0 Å². The van der Waals surface area contributed by atoms with Crippen molar-refractivity contribution in [3.63, 3.8) is 0 Å². The molecule has 0 aliphatic heterocycles. The number of amides is 3. The van der Waals surface area contributed by atoms with E-state index in [1.165, 1.54) is 12.4 Å². The predicted molar refractivity (Wildman–Crippen MR) is 134 cm³/mol. The molecule has 0 spiro atoms. The molecule has 0 aliphatic rings. The van der Waals surface area contributed by atoms with Gasteiger partial charge in [0.05, 0.1) is 39.0 Å². The SMILES string of the molecule is O=C(Nc1ncc(-c2cc(C(=O)NCc3cccnc3)c3cn[nH]c3n2)s1)Nc1cc(C(F)(F)F)ccc1F. The summed E-state index contributed by atoms with van der Waals surface area (Å²) >= 11 is 0.985. The number of benzene rings is 1. The number of carbonyl (C=O) groups is 2. The summed E-state index contributed by atoms with van der Waals surface area (Å²) < 4.78 is 52.7. The summed E-state index contributed by atoms with van der Waals surface area (Å²) in [7, 11) is 0. The van der Waals surface area contributed by atoms with Gasteiger partial charge in [-0.2, -0.15) is 18.3 Å². The third-order valence-electron chi connectivity index (χ3n) is 5.36. The van der Waals surface area contributed by atoms with E-state index in [0.717, 1.165) is 16.9 Å². The minimum atomic E-state index is -4.71. The number of pyridine rings is 2. The van der Waals surface area contributed by atoms with Crippen molar-refractivity contribution in [3.8, 4) is 10.6 Å². The van der Waals surface area contributed by atoms with E-state index in [1.807, 2.05) is 11.4 Å². The summed E-state index contributed by atoms with van der Waals surface area (Å²) in [5, 5.41) is 14.4. The number of fused-ring (bicyclic) bond motifs is 1. The van der Waals surface area contributed by atoms with Crippen LogP contribution in [0.25, 0.3) is 21.6 Å². The molecule has 0 radical (unpaired) electrons. The van der Waals surface area contributed by atoms with Gasteiger partial charge >= 0.3 is 12.2 Å². The van der Waals surface area contributed by atoms with Crippen LogP contribution in [-0.4, -0.2) is 37.1 Å². The van der Waals surface area contributed by atoms with Crippen LogP contribution in [0.3, 0.4) is 0 Å². The summed E-state index contributed by atoms with van der Waals surface area (Å²) in [6.45, 7) is 0.250. The predicted octanol–water partition coefficient (Wildman–Crippen LogP) is 5.21. The lowest BCUT2D eigenvalue weighted by Crippen LogP contribution is -2.23. The van der Waals surface area contributed by atoms with Gasteiger partial charge in [-0.25, -0.2) is 19.2 Å². The van der Waals surface area contributed by atoms with Gasteiger partial charge in [0.25, 0.3) is 5.91 Å². The van der Waals surface area contributed by atoms with Gasteiger partial charge in [0, 0.05) is 25.1 Å². The van der Waals surface area contributed by atoms with Crippen LogP contribution in [0.1, 0.15) is 21.5 Å². The van der Waals surface area contributed by atoms with Crippen molar-refractivity contribution in [2.75, 3.05) is 10.6 Å². The van der Waals surface area contributed by atoms with Crippen LogP contribution in [-0.2, 0) is 12.7 Å². The Morgan fingerprint density at radius 1 is 1.05 bits per heavy atom. The molecule has 4 N–H and O–H groups in total. The van der Waals surface area contributed by atoms with Gasteiger partial charge in [0.1, 0.15) is 5.82 Å². The van der Waals surface area contributed by atoms with Gasteiger partial charge < -0.3 is 10.6 Å². The number of carbonyl (C=O) groups excluding carboxylic acids is 2. The molecule has 198 valence electrons. The largest absolute Gasteiger partial charge is 0.416 e. The molecule has 0 saturated carbocycles. The molecular formula is C24H16F4N8O2S. The number of anilines is 2. The lowest BCUT2D eigenvalue weighted by Gasteiger charge is -2.11. The first-order chi connectivity index (χ1) is 18.7. The summed E-state index contributed by atoms with van der Waals surface area (Å²) in [4.78, 5) is 38.3. The number of aromatic nitrogens is 5. The zero-order valence-electron chi connectivity index (χ0n) is 19.5. The van der Waals surface area contributed by atoms with Crippen LogP contribution in [0, 0.1) is 5.82 Å². The molecule has 0 aliphatic carbocycles. The number of hydrogen-bond acceptors (Lipinski definition) is 7. The van der Waals surface area contributed by atoms with Crippen molar-refractivity contribution in [3.05, 3.63) is 83.7 Å². The summed E-state index contributed by atoms with van der Waals surface area (Å²) in [5.41, 5.74) is 0.0508. The van der Waals surface area contributed by atoms with Gasteiger partial charge in [-0.15, -0.1) is 0 Å². The molecule has 15 heteroatoms. The number of hydrogen-bond donors (Lipinski definition) is 4. The number of urea groups is 1. The first-order valence-electron chi connectivity index (χ1n) is 11.1. The zero-order chi connectivity index (χ0) is 27.6. The van der Waals surface area contributed by atoms with E-state index >= 15 is 0 Å². The second kappa shape index (κ2) is 10.4. The minimum absolute atomic E-state index is 0.0592. The number of aromatic amines is 1. The number of nitrogens with one attached hydrogen (secondary N) is 4. The molecule has 10 nitrogen and oxygen atoms in total. The highest BCUT2D eigenvalue weighted by molar-refractivity contribution is 7.19. The number of alkyl halides is 3. The molecule has 0 fully saturated rings. The Labute approximate surface area is 220 Å². The molecule has 3 amide bonds. The maximum atomic E-state index is 14.0. The second-order valence-electron chi connectivity index (χ2n) is 8.03. The molecule has 39 heavy (non-hydrogen) atoms. The normalized spacial score (nSPS) is 11.4. The Bertz CT molecular complexity index is 1670. The minimum Gasteiger partial charge on any atom is -0.348 e. The second-order valence-corrected chi connectivity index (χ2v) is 9.06. The fourth-order valence-electron chi connectivity index (χ4n) is 3.52. The third kappa shape index (κ3) is 5.82. The fourth-order valence-corrected chi connectivity index (χ4v) is 4.29. The van der Waals surface area contributed by atoms with Crippen molar-refractivity contribution >= 4 is 45.1 Å². The van der Waals surface area contributed by atoms with E-state index in [2.05, 4.69) is 35.8 Å². The lowest BCUT2D eigenvalue weighted by molar-refractivity contribution is -0.137. The van der Waals surface area contributed by atoms with Crippen LogP contribution in [0.2, 0.25) is 0 Å². The molecule has 1 aromatic carbocycles. The summed E-state index contributed by atoms with van der Waals surface area (Å²) in [6.07, 6.45) is 1.42. The van der Waals surface area contributed by atoms with Crippen LogP contribution >= 0.6 is 11.3 Å². The summed E-state index contributed by atoms with van der Waals surface area (Å²) in [5.74, 6) is -1.41. The van der Waals surface area contributed by atoms with Gasteiger partial charge in [0.2, 0.25) is 0 Å². The quantitative estimate of drug-likeness (QED) is 0.212. The van der Waals surface area contributed by atoms with Crippen molar-refractivity contribution in [1.82, 2.24) is 30.5 Å². The van der Waals surface area contributed by atoms with E-state index in [-0.39, 0.29) is 17.6 Å². The third-order valence-corrected chi connectivity index (χ3v) is 6.30. The van der Waals surface area contributed by atoms with E-state index < -0.39 is 29.3 Å². The van der Waals surface area contributed by atoms with Crippen LogP contribution in [0.15, 0.2) is 61.2 Å². The molecule has 0 saturated heterocycles. The number of halogens is 4. The van der Waals surface area contributed by atoms with E-state index in [1.54, 1.807) is 24.5 Å². The van der Waals surface area contributed by atoms with Crippen LogP contribution in [0.4, 0.5) is 33.2 Å². The van der Waals surface area contributed by atoms with Gasteiger partial charge in [-0.05, 0) is 35.9 Å². The van der Waals surface area contributed by atoms with Gasteiger partial charge in [-0.1, -0.05) is 17.4 Å². The van der Waals surface area contributed by atoms with Gasteiger partial charge in [-0.3, -0.25) is 20.2 Å². The maximum absolute atomic E-state index is 14.0. The smallest absolute Gasteiger partial charge is 0.348 e. The highest BCUT2D eigenvalue weighted by atomic mass is 32.1. The average Bonchev–Trinajstić information content (AvgIpc) is 3.57. The Hall–Kier alpha value is -4.92. The topological polar surface area (TPSA) is 138 Å². The number of rotatable bonds is 6. The monoisotopic (exact) mass is 556 g/mol. The molecule has 5 rings (SSSR count). The average molecular weight is 557 g/mol. The molecule has 0 unspecified atom stereocenters. The standard InChI is InChI=1S/C24H16F4N8O2S/c25-16-4-3-13(24(26,27)28)6-17(16)34-22(38)35-23-31-11-19(39-23)18-7-14(15-10-32-36-20(15)33-18)21(37)30-9-12-2-1-5-29-8-12/h1-8,10-11H,9H2,(H,30,37)(H,32,33,36)(H2,31,34,35,38). The first-order valence-corrected chi connectivity index (χ1v) is 11.9. The number of nitrogens with zero attached hydrogens (tertiary/aromatic N) is 4. The van der Waals surface area contributed by atoms with Crippen molar-refractivity contribution < 1.29 is 27.2 Å². The highest BCUT2D eigenvalue weighted by Gasteiger charge is 2.31. The molecule has 5 aromatic rings. The Morgan fingerprint density at radius 3 is 2.67 bits per heavy atom. The van der Waals surface area contributed by atoms with Crippen molar-refractivity contribution in [2.24, 2.45) is 0 Å². The molecule has 4 aromatic heterocycles. The molecule has 4 heterocycles. The van der Waals surface area contributed by atoms with Gasteiger partial charge in [0.15, 0.2) is 10.8 Å². The lowest BCUT2D eigenvalue weighted by atomic mass is 10.1. The Kier molecular flexibility index (Phi) is 6.89. The maximum Gasteiger partial charge on any atom is 0.416 e. The Balaban J connectivity index is 1.32. The highest BCUT2D eigenvalue weighted by Crippen LogP contribution is 2.33. The fraction of sp³-hybridized carbons (Fsp3) is 0.0833. The Morgan fingerprint density at radius 2 is 1.90 bits per heavy atom. The van der Waals surface area contributed by atoms with Crippen LogP contribution in [0.5, 0.6) is 0 Å². The molecule has 0 atom stereocenters. The molecule has 0 bridgehead atoms. The van der Waals surface area contributed by atoms with E-state index in [4.69, 9.17) is 0 Å². The number of thiazole rings is 1. The van der Waals surface area contributed by atoms with E-state index in [9.17, 15) is 27.2 Å². The summed E-state index contributed by atoms with van der Waals surface area (Å²) in [6, 6.07) is 5.80. The first kappa shape index (κ1) is 25.7. The van der Waals surface area contributed by atoms with Crippen molar-refractivity contribution in [2.45, 2.75) is 12.7 Å². The van der Waals surface area contributed by atoms with E-state index in [0.29, 0.717) is 45.4 Å². The van der Waals surface area contributed by atoms with Crippen LogP contribution < -0.4 is 16.0 Å². The zero-order valence-corrected chi connectivity index (χ0v) is 20.3. The molecular weight excluding hydrogens is 540 g/mol.